The van der Waals surface area contributed by atoms with E-state index in [1.165, 1.54) is 19.3 Å². The second-order valence-electron chi connectivity index (χ2n) is 7.91. The molecule has 25 heavy (non-hydrogen) atoms. The first-order valence-electron chi connectivity index (χ1n) is 9.06. The third-order valence-corrected chi connectivity index (χ3v) is 8.24. The molecule has 136 valence electrons. The zero-order chi connectivity index (χ0) is 17.8. The first kappa shape index (κ1) is 17.8. The molecule has 0 saturated heterocycles. The van der Waals surface area contributed by atoms with Crippen LogP contribution < -0.4 is 5.32 Å². The number of hydrogen-bond acceptors (Lipinski definition) is 3. The van der Waals surface area contributed by atoms with E-state index in [-0.39, 0.29) is 32.5 Å². The second-order valence-corrected chi connectivity index (χ2v) is 10.2. The fourth-order valence-electron chi connectivity index (χ4n) is 5.47. The van der Waals surface area contributed by atoms with Gasteiger partial charge in [-0.25, -0.2) is 0 Å². The lowest BCUT2D eigenvalue weighted by Gasteiger charge is -2.60. The summed E-state index contributed by atoms with van der Waals surface area (Å²) in [5.41, 5.74) is 0. The fourth-order valence-corrected chi connectivity index (χ4v) is 7.93. The summed E-state index contributed by atoms with van der Waals surface area (Å²) >= 11 is 14.1. The Morgan fingerprint density at radius 2 is 1.84 bits per heavy atom. The molecule has 0 aromatic heterocycles. The van der Waals surface area contributed by atoms with Crippen LogP contribution in [0.15, 0.2) is 17.0 Å². The maximum atomic E-state index is 12.2. The van der Waals surface area contributed by atoms with Gasteiger partial charge in [0.1, 0.15) is 0 Å². The molecular weight excluding hydrogens is 377 g/mol. The summed E-state index contributed by atoms with van der Waals surface area (Å²) in [7, 11) is 0. The van der Waals surface area contributed by atoms with Crippen LogP contribution in [-0.2, 0) is 4.79 Å². The van der Waals surface area contributed by atoms with Gasteiger partial charge in [-0.2, -0.15) is 0 Å². The Morgan fingerprint density at radius 3 is 2.40 bits per heavy atom. The minimum atomic E-state index is -0.0611. The van der Waals surface area contributed by atoms with Gasteiger partial charge in [0, 0.05) is 22.1 Å². The molecule has 4 aliphatic carbocycles. The van der Waals surface area contributed by atoms with Crippen molar-refractivity contribution in [3.63, 3.8) is 0 Å². The molecule has 3 unspecified atom stereocenters. The number of amides is 1. The molecule has 3 atom stereocenters. The van der Waals surface area contributed by atoms with E-state index in [4.69, 9.17) is 23.2 Å². The van der Waals surface area contributed by atoms with Crippen molar-refractivity contribution in [1.82, 2.24) is 5.32 Å². The monoisotopic (exact) mass is 399 g/mol. The van der Waals surface area contributed by atoms with Crippen LogP contribution in [0.3, 0.4) is 0 Å². The minimum absolute atomic E-state index is 0.0171. The summed E-state index contributed by atoms with van der Waals surface area (Å²) in [5.74, 6) is 2.19. The van der Waals surface area contributed by atoms with Gasteiger partial charge >= 0.3 is 0 Å². The van der Waals surface area contributed by atoms with E-state index in [1.54, 1.807) is 23.9 Å². The van der Waals surface area contributed by atoms with E-state index in [9.17, 15) is 9.90 Å². The van der Waals surface area contributed by atoms with Crippen LogP contribution >= 0.6 is 35.0 Å². The van der Waals surface area contributed by atoms with E-state index in [2.05, 4.69) is 5.32 Å². The number of carbonyl (C=O) groups excluding carboxylic acids is 1. The van der Waals surface area contributed by atoms with Crippen LogP contribution in [0, 0.1) is 17.8 Å². The summed E-state index contributed by atoms with van der Waals surface area (Å²) in [4.78, 5) is 13.1. The quantitative estimate of drug-likeness (QED) is 0.725. The summed E-state index contributed by atoms with van der Waals surface area (Å²) in [6.07, 6.45) is 6.61. The van der Waals surface area contributed by atoms with Crippen molar-refractivity contribution < 1.29 is 9.90 Å². The fraction of sp³-hybridized carbons (Fsp3) is 0.632. The predicted octanol–water partition coefficient (Wildman–Crippen LogP) is 5.26. The molecule has 0 radical (unpaired) electrons. The minimum Gasteiger partial charge on any atom is -0.505 e. The molecule has 1 aromatic carbocycles. The molecule has 0 aliphatic heterocycles. The molecule has 3 nitrogen and oxygen atoms in total. The predicted molar refractivity (Wildman–Crippen MR) is 102 cm³/mol. The molecule has 4 aliphatic rings. The highest BCUT2D eigenvalue weighted by Gasteiger charge is 2.58. The molecular formula is C19H23Cl2NO2S. The molecule has 1 aromatic rings. The van der Waals surface area contributed by atoms with Crippen LogP contribution in [0.5, 0.6) is 5.75 Å². The van der Waals surface area contributed by atoms with Gasteiger partial charge in [0.05, 0.1) is 10.0 Å². The van der Waals surface area contributed by atoms with Gasteiger partial charge < -0.3 is 10.4 Å². The lowest BCUT2D eigenvalue weighted by atomic mass is 9.53. The topological polar surface area (TPSA) is 49.3 Å². The van der Waals surface area contributed by atoms with E-state index in [1.807, 2.05) is 6.92 Å². The summed E-state index contributed by atoms with van der Waals surface area (Å²) in [6.45, 7) is 1.91. The van der Waals surface area contributed by atoms with Crippen LogP contribution in [0.1, 0.15) is 45.4 Å². The zero-order valence-electron chi connectivity index (χ0n) is 14.2. The van der Waals surface area contributed by atoms with Crippen LogP contribution in [-0.4, -0.2) is 21.8 Å². The normalized spacial score (nSPS) is 35.8. The van der Waals surface area contributed by atoms with Crippen molar-refractivity contribution in [2.75, 3.05) is 0 Å². The van der Waals surface area contributed by atoms with Crippen LogP contribution in [0.4, 0.5) is 0 Å². The number of hydrogen-bond donors (Lipinski definition) is 2. The van der Waals surface area contributed by atoms with Gasteiger partial charge in [-0.15, -0.1) is 11.8 Å². The highest BCUT2D eigenvalue weighted by Crippen LogP contribution is 2.62. The van der Waals surface area contributed by atoms with Crippen molar-refractivity contribution in [3.05, 3.63) is 22.2 Å². The van der Waals surface area contributed by atoms with Gasteiger partial charge in [0.2, 0.25) is 5.91 Å². The average molecular weight is 400 g/mol. The molecule has 2 N–H and O–H groups in total. The Kier molecular flexibility index (Phi) is 4.66. The van der Waals surface area contributed by atoms with Gasteiger partial charge in [0.25, 0.3) is 0 Å². The summed E-state index contributed by atoms with van der Waals surface area (Å²) in [6, 6.07) is 3.80. The number of benzene rings is 1. The Hall–Kier alpha value is -0.580. The van der Waals surface area contributed by atoms with E-state index < -0.39 is 0 Å². The smallest absolute Gasteiger partial charge is 0.219 e. The summed E-state index contributed by atoms with van der Waals surface area (Å²) in [5, 5.41) is 13.7. The molecule has 4 fully saturated rings. The zero-order valence-corrected chi connectivity index (χ0v) is 16.6. The van der Waals surface area contributed by atoms with Gasteiger partial charge in [-0.05, 0) is 62.0 Å². The maximum Gasteiger partial charge on any atom is 0.219 e. The van der Waals surface area contributed by atoms with Crippen molar-refractivity contribution in [3.8, 4) is 5.75 Å². The Bertz CT molecular complexity index is 674. The third kappa shape index (κ3) is 3.15. The molecule has 0 spiro atoms. The number of aromatic hydroxyl groups is 1. The summed E-state index contributed by atoms with van der Waals surface area (Å²) < 4.78 is 0.0171. The number of phenolic OH excluding ortho intramolecular Hbond substituents is 1. The Balaban J connectivity index is 1.67. The highest BCUT2D eigenvalue weighted by molar-refractivity contribution is 8.00. The SMILES string of the molecule is CCC(=O)NC1C2CC3CC(C2)CC1(Sc1cc(Cl)c(O)c(Cl)c1)C3. The Morgan fingerprint density at radius 1 is 1.24 bits per heavy atom. The number of halogens is 2. The number of rotatable bonds is 4. The van der Waals surface area contributed by atoms with E-state index in [0.29, 0.717) is 12.3 Å². The molecule has 6 heteroatoms. The molecule has 1 amide bonds. The number of phenols is 1. The Labute approximate surface area is 162 Å². The van der Waals surface area contributed by atoms with E-state index >= 15 is 0 Å². The molecule has 4 saturated carbocycles. The van der Waals surface area contributed by atoms with E-state index in [0.717, 1.165) is 29.6 Å². The highest BCUT2D eigenvalue weighted by atomic mass is 35.5. The molecule has 0 heterocycles. The number of carbonyl (C=O) groups is 1. The second kappa shape index (κ2) is 6.54. The molecule has 4 bridgehead atoms. The van der Waals surface area contributed by atoms with Gasteiger partial charge in [-0.3, -0.25) is 4.79 Å². The van der Waals surface area contributed by atoms with Crippen molar-refractivity contribution in [1.29, 1.82) is 0 Å². The first-order valence-corrected chi connectivity index (χ1v) is 10.6. The average Bonchev–Trinajstić information content (AvgIpc) is 2.55. The number of nitrogens with one attached hydrogen (secondary N) is 1. The number of thioether (sulfide) groups is 1. The molecule has 5 rings (SSSR count). The maximum absolute atomic E-state index is 12.2. The lowest BCUT2D eigenvalue weighted by Crippen LogP contribution is -2.64. The van der Waals surface area contributed by atoms with Crippen molar-refractivity contribution in [2.24, 2.45) is 17.8 Å². The van der Waals surface area contributed by atoms with Crippen LogP contribution in [0.25, 0.3) is 0 Å². The van der Waals surface area contributed by atoms with Gasteiger partial charge in [-0.1, -0.05) is 30.1 Å². The van der Waals surface area contributed by atoms with Crippen molar-refractivity contribution in [2.45, 2.75) is 61.1 Å². The first-order chi connectivity index (χ1) is 11.9. The largest absolute Gasteiger partial charge is 0.505 e. The lowest BCUT2D eigenvalue weighted by molar-refractivity contribution is -0.124. The van der Waals surface area contributed by atoms with Gasteiger partial charge in [0.15, 0.2) is 5.75 Å². The van der Waals surface area contributed by atoms with Crippen LogP contribution in [0.2, 0.25) is 10.0 Å². The van der Waals surface area contributed by atoms with Crippen molar-refractivity contribution >= 4 is 40.9 Å². The standard InChI is InChI=1S/C19H23Cl2NO2S/c1-2-16(23)22-18-12-4-10-3-11(5-12)9-19(18,8-10)25-13-6-14(20)17(24)15(21)7-13/h6-7,10-12,18,24H,2-5,8-9H2,1H3,(H,22,23). The third-order valence-electron chi connectivity index (χ3n) is 6.19.